The molecule has 0 amide bonds. The smallest absolute Gasteiger partial charge is 0.276 e. The monoisotopic (exact) mass is 222 g/mol. The zero-order valence-electron chi connectivity index (χ0n) is 9.06. The van der Waals surface area contributed by atoms with E-state index in [0.717, 1.165) is 12.8 Å². The molecule has 1 aliphatic carbocycles. The van der Waals surface area contributed by atoms with Gasteiger partial charge in [-0.3, -0.25) is 10.1 Å². The van der Waals surface area contributed by atoms with E-state index in [9.17, 15) is 10.1 Å². The Labute approximate surface area is 93.0 Å². The molecule has 2 rings (SSSR count). The number of nitrogens with two attached hydrogens (primary N) is 1. The van der Waals surface area contributed by atoms with E-state index >= 15 is 0 Å². The first-order valence-corrected chi connectivity index (χ1v) is 5.19. The Morgan fingerprint density at radius 3 is 2.75 bits per heavy atom. The van der Waals surface area contributed by atoms with E-state index in [1.165, 1.54) is 18.6 Å². The number of nitro groups is 1. The van der Waals surface area contributed by atoms with Gasteiger partial charge < -0.3 is 11.1 Å². The molecule has 1 aliphatic rings. The second-order valence-electron chi connectivity index (χ2n) is 4.43. The Kier molecular flexibility index (Phi) is 2.41. The summed E-state index contributed by atoms with van der Waals surface area (Å²) in [5, 5.41) is 13.8. The van der Waals surface area contributed by atoms with Crippen molar-refractivity contribution in [3.63, 3.8) is 0 Å². The second kappa shape index (κ2) is 3.62. The molecule has 1 heterocycles. The molecule has 0 radical (unpaired) electrons. The number of hydrogen-bond acceptors (Lipinski definition) is 5. The van der Waals surface area contributed by atoms with Gasteiger partial charge in [0.25, 0.3) is 5.69 Å². The highest BCUT2D eigenvalue weighted by Crippen LogP contribution is 2.34. The third-order valence-corrected chi connectivity index (χ3v) is 2.93. The summed E-state index contributed by atoms with van der Waals surface area (Å²) in [5.74, 6) is 0.647. The quantitative estimate of drug-likeness (QED) is 0.602. The minimum Gasteiger partial charge on any atom is -0.383 e. The predicted octanol–water partition coefficient (Wildman–Crippen LogP) is 1.93. The maximum absolute atomic E-state index is 10.6. The fourth-order valence-corrected chi connectivity index (χ4v) is 1.85. The lowest BCUT2D eigenvalue weighted by Crippen LogP contribution is -2.41. The van der Waals surface area contributed by atoms with Crippen molar-refractivity contribution < 1.29 is 4.92 Å². The standard InChI is InChI=1S/C10H14N4O2/c1-10(3-2-4-10)13-9-6-7(14(15)16)5-8(11)12-9/h5-6H,2-4H2,1H3,(H3,11,12,13). The van der Waals surface area contributed by atoms with Crippen LogP contribution in [0.15, 0.2) is 12.1 Å². The van der Waals surface area contributed by atoms with Crippen LogP contribution in [-0.4, -0.2) is 15.4 Å². The lowest BCUT2D eigenvalue weighted by molar-refractivity contribution is -0.384. The van der Waals surface area contributed by atoms with Gasteiger partial charge in [0.1, 0.15) is 11.6 Å². The summed E-state index contributed by atoms with van der Waals surface area (Å²) < 4.78 is 0. The van der Waals surface area contributed by atoms with Gasteiger partial charge in [0.05, 0.1) is 17.1 Å². The molecule has 1 aromatic heterocycles. The summed E-state index contributed by atoms with van der Waals surface area (Å²) in [4.78, 5) is 14.2. The number of anilines is 2. The highest BCUT2D eigenvalue weighted by Gasteiger charge is 2.32. The summed E-state index contributed by atoms with van der Waals surface area (Å²) in [6, 6.07) is 2.67. The molecule has 0 saturated heterocycles. The van der Waals surface area contributed by atoms with Crippen LogP contribution in [0.1, 0.15) is 26.2 Å². The first kappa shape index (κ1) is 10.7. The number of nitrogens with zero attached hydrogens (tertiary/aromatic N) is 2. The Balaban J connectivity index is 2.23. The third-order valence-electron chi connectivity index (χ3n) is 2.93. The van der Waals surface area contributed by atoms with Crippen molar-refractivity contribution in [2.75, 3.05) is 11.1 Å². The van der Waals surface area contributed by atoms with E-state index in [0.29, 0.717) is 5.82 Å². The van der Waals surface area contributed by atoms with Crippen molar-refractivity contribution in [2.45, 2.75) is 31.7 Å². The molecule has 3 N–H and O–H groups in total. The van der Waals surface area contributed by atoms with Crippen LogP contribution in [0.4, 0.5) is 17.3 Å². The lowest BCUT2D eigenvalue weighted by atomic mass is 9.78. The Hall–Kier alpha value is -1.85. The van der Waals surface area contributed by atoms with Crippen molar-refractivity contribution in [2.24, 2.45) is 0 Å². The number of nitrogen functional groups attached to an aromatic ring is 1. The molecule has 0 atom stereocenters. The van der Waals surface area contributed by atoms with Gasteiger partial charge in [-0.05, 0) is 26.2 Å². The number of pyridine rings is 1. The summed E-state index contributed by atoms with van der Waals surface area (Å²) in [6.07, 6.45) is 3.28. The minimum atomic E-state index is -0.466. The summed E-state index contributed by atoms with van der Waals surface area (Å²) in [5.41, 5.74) is 5.50. The largest absolute Gasteiger partial charge is 0.383 e. The Morgan fingerprint density at radius 1 is 1.56 bits per heavy atom. The minimum absolute atomic E-state index is 0.00859. The Bertz CT molecular complexity index is 429. The van der Waals surface area contributed by atoms with Crippen molar-refractivity contribution >= 4 is 17.3 Å². The topological polar surface area (TPSA) is 94.1 Å². The van der Waals surface area contributed by atoms with Crippen LogP contribution in [0.25, 0.3) is 0 Å². The van der Waals surface area contributed by atoms with Gasteiger partial charge in [-0.15, -0.1) is 0 Å². The molecule has 86 valence electrons. The van der Waals surface area contributed by atoms with E-state index < -0.39 is 4.92 Å². The fraction of sp³-hybridized carbons (Fsp3) is 0.500. The summed E-state index contributed by atoms with van der Waals surface area (Å²) in [7, 11) is 0. The molecular formula is C10H14N4O2. The number of nitrogens with one attached hydrogen (secondary N) is 1. The van der Waals surface area contributed by atoms with Crippen LogP contribution < -0.4 is 11.1 Å². The zero-order chi connectivity index (χ0) is 11.8. The summed E-state index contributed by atoms with van der Waals surface area (Å²) in [6.45, 7) is 2.08. The molecule has 0 spiro atoms. The van der Waals surface area contributed by atoms with Crippen molar-refractivity contribution in [1.82, 2.24) is 4.98 Å². The fourth-order valence-electron chi connectivity index (χ4n) is 1.85. The normalized spacial score (nSPS) is 17.6. The van der Waals surface area contributed by atoms with E-state index in [-0.39, 0.29) is 17.0 Å². The van der Waals surface area contributed by atoms with Gasteiger partial charge in [0.2, 0.25) is 0 Å². The zero-order valence-corrected chi connectivity index (χ0v) is 9.06. The highest BCUT2D eigenvalue weighted by molar-refractivity contribution is 5.53. The van der Waals surface area contributed by atoms with Crippen molar-refractivity contribution in [3.8, 4) is 0 Å². The van der Waals surface area contributed by atoms with Gasteiger partial charge >= 0.3 is 0 Å². The molecule has 1 fully saturated rings. The molecule has 6 nitrogen and oxygen atoms in total. The van der Waals surface area contributed by atoms with Crippen LogP contribution >= 0.6 is 0 Å². The van der Waals surface area contributed by atoms with E-state index in [1.807, 2.05) is 0 Å². The van der Waals surface area contributed by atoms with Gasteiger partial charge in [0.15, 0.2) is 0 Å². The predicted molar refractivity (Wildman–Crippen MR) is 61.2 cm³/mol. The third kappa shape index (κ3) is 2.05. The lowest BCUT2D eigenvalue weighted by Gasteiger charge is -2.39. The molecule has 1 saturated carbocycles. The van der Waals surface area contributed by atoms with Crippen LogP contribution in [0.3, 0.4) is 0 Å². The molecular weight excluding hydrogens is 208 g/mol. The van der Waals surface area contributed by atoms with Crippen LogP contribution in [-0.2, 0) is 0 Å². The van der Waals surface area contributed by atoms with E-state index in [4.69, 9.17) is 5.73 Å². The number of hydrogen-bond donors (Lipinski definition) is 2. The first-order valence-electron chi connectivity index (χ1n) is 5.19. The van der Waals surface area contributed by atoms with Gasteiger partial charge in [-0.25, -0.2) is 4.98 Å². The molecule has 1 aromatic rings. The molecule has 6 heteroatoms. The first-order chi connectivity index (χ1) is 7.48. The highest BCUT2D eigenvalue weighted by atomic mass is 16.6. The van der Waals surface area contributed by atoms with Crippen molar-refractivity contribution in [3.05, 3.63) is 22.2 Å². The SMILES string of the molecule is CC1(Nc2cc([N+](=O)[O-])cc(N)n2)CCC1. The average Bonchev–Trinajstić information content (AvgIpc) is 2.14. The number of rotatable bonds is 3. The van der Waals surface area contributed by atoms with Crippen LogP contribution in [0.2, 0.25) is 0 Å². The molecule has 0 bridgehead atoms. The van der Waals surface area contributed by atoms with Gasteiger partial charge in [-0.2, -0.15) is 0 Å². The molecule has 0 unspecified atom stereocenters. The van der Waals surface area contributed by atoms with E-state index in [1.54, 1.807) is 0 Å². The van der Waals surface area contributed by atoms with Crippen molar-refractivity contribution in [1.29, 1.82) is 0 Å². The maximum atomic E-state index is 10.6. The van der Waals surface area contributed by atoms with E-state index in [2.05, 4.69) is 17.2 Å². The van der Waals surface area contributed by atoms with Crippen LogP contribution in [0, 0.1) is 10.1 Å². The van der Waals surface area contributed by atoms with Crippen LogP contribution in [0.5, 0.6) is 0 Å². The maximum Gasteiger partial charge on any atom is 0.276 e. The summed E-state index contributed by atoms with van der Waals surface area (Å²) >= 11 is 0. The molecule has 16 heavy (non-hydrogen) atoms. The van der Waals surface area contributed by atoms with Gasteiger partial charge in [-0.1, -0.05) is 0 Å². The van der Waals surface area contributed by atoms with Gasteiger partial charge in [0, 0.05) is 5.54 Å². The Morgan fingerprint density at radius 2 is 2.25 bits per heavy atom. The molecule has 0 aromatic carbocycles. The number of aromatic nitrogens is 1. The second-order valence-corrected chi connectivity index (χ2v) is 4.43. The molecule has 0 aliphatic heterocycles. The average molecular weight is 222 g/mol.